The van der Waals surface area contributed by atoms with Crippen molar-refractivity contribution in [1.82, 2.24) is 0 Å². The Morgan fingerprint density at radius 2 is 0.714 bits per heavy atom. The van der Waals surface area contributed by atoms with E-state index >= 15 is 0 Å². The Kier molecular flexibility index (Phi) is 18.1. The van der Waals surface area contributed by atoms with E-state index in [-0.39, 0.29) is 0 Å². The van der Waals surface area contributed by atoms with Gasteiger partial charge in [0.05, 0.1) is 6.61 Å². The van der Waals surface area contributed by atoms with Crippen LogP contribution < -0.4 is 0 Å². The van der Waals surface area contributed by atoms with Crippen LogP contribution in [0.25, 0.3) is 0 Å². The van der Waals surface area contributed by atoms with Gasteiger partial charge in [-0.25, -0.2) is 0 Å². The zero-order valence-electron chi connectivity index (χ0n) is 36.1. The maximum absolute atomic E-state index is 12.8. The lowest BCUT2D eigenvalue weighted by atomic mass is 9.96. The highest BCUT2D eigenvalue weighted by Gasteiger charge is 2.60. The Bertz CT molecular complexity index is 1700. The molecule has 4 rings (SSSR count). The number of hydrogen-bond donors (Lipinski definition) is 0. The van der Waals surface area contributed by atoms with Crippen molar-refractivity contribution >= 4 is 53.7 Å². The van der Waals surface area contributed by atoms with Gasteiger partial charge in [0.2, 0.25) is 0 Å². The standard InChI is InChI=1S/C38H52O25/c1-14(39)48-11-24-27(51-16(3)41)30(54-19(6)44)33(56-21(8)46)36(60-24)50-13-26-29(53-18(5)43)32(35-37(61-26)59-23(10)58-35)63-38-34(57-22(9)47)31(55-20(7)45)28(52-17(4)42)25(62-38)12-49-15(2)40/h23-38H,11-13H2,1-10H3/t23?,24-,25-,26-,27-,28-,29-,30+,31+,32+,33-,34-,35-,36-,37+,38+/m1/s1. The summed E-state index contributed by atoms with van der Waals surface area (Å²) >= 11 is 0. The molecule has 0 N–H and O–H groups in total. The van der Waals surface area contributed by atoms with Gasteiger partial charge in [0.1, 0.15) is 43.7 Å². The Morgan fingerprint density at radius 1 is 0.365 bits per heavy atom. The number of fused-ring (bicyclic) bond motifs is 1. The molecule has 0 aromatic heterocycles. The molecule has 25 nitrogen and oxygen atoms in total. The van der Waals surface area contributed by atoms with Gasteiger partial charge in [0.15, 0.2) is 67.9 Å². The van der Waals surface area contributed by atoms with Crippen LogP contribution in [0.4, 0.5) is 0 Å². The van der Waals surface area contributed by atoms with Crippen molar-refractivity contribution in [3.8, 4) is 0 Å². The smallest absolute Gasteiger partial charge is 0.303 e. The van der Waals surface area contributed by atoms with Crippen LogP contribution in [0.2, 0.25) is 0 Å². The van der Waals surface area contributed by atoms with Crippen LogP contribution in [-0.4, -0.2) is 172 Å². The fourth-order valence-corrected chi connectivity index (χ4v) is 7.16. The molecule has 1 unspecified atom stereocenters. The number of carbonyl (C=O) groups excluding carboxylic acids is 9. The molecule has 4 saturated heterocycles. The molecule has 63 heavy (non-hydrogen) atoms. The fraction of sp³-hybridized carbons (Fsp3) is 0.763. The largest absolute Gasteiger partial charge is 0.463 e. The van der Waals surface area contributed by atoms with Crippen LogP contribution in [0.15, 0.2) is 0 Å². The van der Waals surface area contributed by atoms with Gasteiger partial charge in [-0.1, -0.05) is 0 Å². The number of rotatable bonds is 16. The van der Waals surface area contributed by atoms with Gasteiger partial charge in [-0.2, -0.15) is 0 Å². The summed E-state index contributed by atoms with van der Waals surface area (Å²) in [4.78, 5) is 111. The lowest BCUT2D eigenvalue weighted by molar-refractivity contribution is -0.352. The molecule has 0 radical (unpaired) electrons. The summed E-state index contributed by atoms with van der Waals surface area (Å²) in [5.41, 5.74) is 0. The Labute approximate surface area is 359 Å². The van der Waals surface area contributed by atoms with Crippen LogP contribution in [-0.2, 0) is 119 Å². The quantitative estimate of drug-likeness (QED) is 0.132. The van der Waals surface area contributed by atoms with E-state index in [9.17, 15) is 43.2 Å². The molecule has 16 atom stereocenters. The van der Waals surface area contributed by atoms with E-state index in [0.717, 1.165) is 62.3 Å². The maximum atomic E-state index is 12.8. The van der Waals surface area contributed by atoms with E-state index in [1.807, 2.05) is 0 Å². The average Bonchev–Trinajstić information content (AvgIpc) is 3.52. The third-order valence-electron chi connectivity index (χ3n) is 9.18. The average molecular weight is 909 g/mol. The summed E-state index contributed by atoms with van der Waals surface area (Å²) in [6.45, 7) is 9.18. The highest BCUT2D eigenvalue weighted by molar-refractivity contribution is 5.70. The summed E-state index contributed by atoms with van der Waals surface area (Å²) < 4.78 is 91.6. The highest BCUT2D eigenvalue weighted by Crippen LogP contribution is 2.39. The minimum absolute atomic E-state index is 0.563. The number of ether oxygens (including phenoxy) is 16. The molecule has 0 aromatic rings. The number of hydrogen-bond acceptors (Lipinski definition) is 25. The van der Waals surface area contributed by atoms with Gasteiger partial charge in [0.25, 0.3) is 0 Å². The van der Waals surface area contributed by atoms with Crippen LogP contribution in [0.1, 0.15) is 69.2 Å². The number of esters is 9. The maximum Gasteiger partial charge on any atom is 0.303 e. The first kappa shape index (κ1) is 50.6. The minimum Gasteiger partial charge on any atom is -0.463 e. The third kappa shape index (κ3) is 14.2. The lowest BCUT2D eigenvalue weighted by Gasteiger charge is -2.48. The zero-order chi connectivity index (χ0) is 46.9. The van der Waals surface area contributed by atoms with Gasteiger partial charge in [0, 0.05) is 62.3 Å². The van der Waals surface area contributed by atoms with E-state index in [4.69, 9.17) is 75.8 Å². The van der Waals surface area contributed by atoms with E-state index < -0.39 is 172 Å². The van der Waals surface area contributed by atoms with Gasteiger partial charge in [-0.3, -0.25) is 43.2 Å². The van der Waals surface area contributed by atoms with Crippen LogP contribution in [0.3, 0.4) is 0 Å². The molecular weight excluding hydrogens is 856 g/mol. The molecule has 0 aromatic carbocycles. The summed E-state index contributed by atoms with van der Waals surface area (Å²) in [5, 5.41) is 0. The molecule has 0 aliphatic carbocycles. The van der Waals surface area contributed by atoms with Crippen molar-refractivity contribution in [1.29, 1.82) is 0 Å². The molecule has 4 aliphatic heterocycles. The second-order valence-electron chi connectivity index (χ2n) is 14.5. The van der Waals surface area contributed by atoms with Crippen molar-refractivity contribution in [2.45, 2.75) is 168 Å². The second-order valence-corrected chi connectivity index (χ2v) is 14.5. The van der Waals surface area contributed by atoms with Gasteiger partial charge in [-0.15, -0.1) is 0 Å². The lowest BCUT2D eigenvalue weighted by Crippen LogP contribution is -2.66. The monoisotopic (exact) mass is 908 g/mol. The SMILES string of the molecule is CC(=O)OC[C@H]1O[C@@H](OC[C@H]2O[C@@H]3OC(C)O[C@@H]3[C@@H](O[C@@H]3O[C@H](COC(C)=O)[C@@H](OC(C)=O)[C@H](OC(C)=O)[C@H]3OC(C)=O)[C@@H]2OC(C)=O)[C@H](OC(C)=O)[C@@H](OC(C)=O)[C@@H]1OC(C)=O. The Balaban J connectivity index is 1.76. The molecule has 4 heterocycles. The molecule has 4 aliphatic rings. The van der Waals surface area contributed by atoms with Crippen molar-refractivity contribution < 1.29 is 119 Å². The van der Waals surface area contributed by atoms with Crippen molar-refractivity contribution in [2.24, 2.45) is 0 Å². The normalized spacial score (nSPS) is 34.8. The van der Waals surface area contributed by atoms with Crippen LogP contribution in [0, 0.1) is 0 Å². The molecular formula is C38H52O25. The van der Waals surface area contributed by atoms with Gasteiger partial charge < -0.3 is 75.8 Å². The van der Waals surface area contributed by atoms with Crippen molar-refractivity contribution in [3.63, 3.8) is 0 Å². The minimum atomic E-state index is -1.80. The van der Waals surface area contributed by atoms with Crippen LogP contribution >= 0.6 is 0 Å². The first-order chi connectivity index (χ1) is 29.5. The van der Waals surface area contributed by atoms with E-state index in [1.54, 1.807) is 0 Å². The van der Waals surface area contributed by atoms with Crippen molar-refractivity contribution in [3.05, 3.63) is 0 Å². The molecule has 4 fully saturated rings. The molecule has 0 amide bonds. The van der Waals surface area contributed by atoms with E-state index in [2.05, 4.69) is 0 Å². The molecule has 354 valence electrons. The molecule has 0 spiro atoms. The Hall–Kier alpha value is -5.05. The van der Waals surface area contributed by atoms with E-state index in [1.165, 1.54) is 6.92 Å². The molecule has 25 heteroatoms. The predicted molar refractivity (Wildman–Crippen MR) is 194 cm³/mol. The third-order valence-corrected chi connectivity index (χ3v) is 9.18. The summed E-state index contributed by atoms with van der Waals surface area (Å²) in [6.07, 6.45) is -24.0. The molecule has 0 bridgehead atoms. The molecule has 0 saturated carbocycles. The fourth-order valence-electron chi connectivity index (χ4n) is 7.16. The van der Waals surface area contributed by atoms with Crippen LogP contribution in [0.5, 0.6) is 0 Å². The van der Waals surface area contributed by atoms with E-state index in [0.29, 0.717) is 0 Å². The summed E-state index contributed by atoms with van der Waals surface area (Å²) in [5.74, 6) is -7.79. The number of carbonyl (C=O) groups is 9. The summed E-state index contributed by atoms with van der Waals surface area (Å²) in [6, 6.07) is 0. The van der Waals surface area contributed by atoms with Gasteiger partial charge >= 0.3 is 53.7 Å². The van der Waals surface area contributed by atoms with Gasteiger partial charge in [-0.05, 0) is 6.92 Å². The first-order valence-electron chi connectivity index (χ1n) is 19.6. The zero-order valence-corrected chi connectivity index (χ0v) is 36.1. The highest BCUT2D eigenvalue weighted by atomic mass is 16.8. The topological polar surface area (TPSA) is 301 Å². The predicted octanol–water partition coefficient (Wildman–Crippen LogP) is -1.03. The second kappa shape index (κ2) is 22.5. The Morgan fingerprint density at radius 3 is 1.13 bits per heavy atom. The summed E-state index contributed by atoms with van der Waals surface area (Å²) in [7, 11) is 0. The van der Waals surface area contributed by atoms with Crippen molar-refractivity contribution in [2.75, 3.05) is 19.8 Å². The first-order valence-corrected chi connectivity index (χ1v) is 19.6.